The van der Waals surface area contributed by atoms with Gasteiger partial charge in [0, 0.05) is 23.0 Å². The highest BCUT2D eigenvalue weighted by Crippen LogP contribution is 2.37. The Labute approximate surface area is 240 Å². The van der Waals surface area contributed by atoms with Crippen LogP contribution in [0.15, 0.2) is 156 Å². The van der Waals surface area contributed by atoms with Gasteiger partial charge in [0.2, 0.25) is 0 Å². The summed E-state index contributed by atoms with van der Waals surface area (Å²) in [6.45, 7) is 6.25. The molecule has 0 atom stereocenters. The van der Waals surface area contributed by atoms with Gasteiger partial charge in [-0.3, -0.25) is 0 Å². The average molecular weight is 529 g/mol. The Morgan fingerprint density at radius 2 is 1.32 bits per heavy atom. The molecule has 0 spiro atoms. The van der Waals surface area contributed by atoms with Gasteiger partial charge in [-0.15, -0.1) is 0 Å². The standard InChI is InChI=1S/C37H28N4/c1-26(28-11-5-3-6-12-28)40-37(41-27(2)29-13-7-4-8-14-29)32-19-17-31(18-20-32)34-22-21-30-15-9-10-16-33(30)36(34)35-23-24-38-25-39-35/h3-25H,1H2,2H3. The Morgan fingerprint density at radius 1 is 0.634 bits per heavy atom. The minimum absolute atomic E-state index is 0.612. The first kappa shape index (κ1) is 25.8. The molecule has 0 N–H and O–H groups in total. The van der Waals surface area contributed by atoms with Gasteiger partial charge in [-0.1, -0.05) is 128 Å². The van der Waals surface area contributed by atoms with E-state index in [-0.39, 0.29) is 0 Å². The molecule has 41 heavy (non-hydrogen) atoms. The number of hydrogen-bond acceptors (Lipinski definition) is 3. The fourth-order valence-corrected chi connectivity index (χ4v) is 4.91. The molecule has 196 valence electrons. The Bertz CT molecular complexity index is 1870. The van der Waals surface area contributed by atoms with Crippen molar-refractivity contribution in [1.82, 2.24) is 9.97 Å². The SMILES string of the molecule is C=C(N=C(N=C(C)c1ccccc1)c1ccc(-c2ccc3ccccc3c2-c2ccncn2)cc1)c1ccccc1. The second kappa shape index (κ2) is 11.7. The van der Waals surface area contributed by atoms with E-state index in [1.54, 1.807) is 12.5 Å². The largest absolute Gasteiger partial charge is 0.245 e. The van der Waals surface area contributed by atoms with Crippen LogP contribution in [-0.4, -0.2) is 21.5 Å². The molecule has 0 bridgehead atoms. The molecule has 1 heterocycles. The maximum absolute atomic E-state index is 4.98. The molecule has 1 aromatic heterocycles. The lowest BCUT2D eigenvalue weighted by Crippen LogP contribution is -2.04. The van der Waals surface area contributed by atoms with E-state index in [1.807, 2.05) is 61.5 Å². The number of hydrogen-bond donors (Lipinski definition) is 0. The van der Waals surface area contributed by atoms with Crippen molar-refractivity contribution in [2.75, 3.05) is 0 Å². The lowest BCUT2D eigenvalue weighted by molar-refractivity contribution is 1.17. The van der Waals surface area contributed by atoms with Crippen molar-refractivity contribution in [3.8, 4) is 22.4 Å². The summed E-state index contributed by atoms with van der Waals surface area (Å²) in [5, 5.41) is 2.32. The molecular formula is C37H28N4. The third kappa shape index (κ3) is 5.63. The summed E-state index contributed by atoms with van der Waals surface area (Å²) in [4.78, 5) is 18.6. The molecule has 0 fully saturated rings. The van der Waals surface area contributed by atoms with Crippen LogP contribution in [0, 0.1) is 0 Å². The second-order valence-corrected chi connectivity index (χ2v) is 9.69. The van der Waals surface area contributed by atoms with Crippen LogP contribution in [-0.2, 0) is 0 Å². The number of aliphatic imine (C=N–C) groups is 2. The minimum atomic E-state index is 0.612. The number of aromatic nitrogens is 2. The van der Waals surface area contributed by atoms with Gasteiger partial charge >= 0.3 is 0 Å². The van der Waals surface area contributed by atoms with E-state index in [0.29, 0.717) is 11.5 Å². The zero-order chi connectivity index (χ0) is 28.0. The second-order valence-electron chi connectivity index (χ2n) is 9.69. The molecule has 0 radical (unpaired) electrons. The van der Waals surface area contributed by atoms with E-state index in [1.165, 1.54) is 5.39 Å². The van der Waals surface area contributed by atoms with Crippen LogP contribution < -0.4 is 0 Å². The molecule has 0 saturated carbocycles. The van der Waals surface area contributed by atoms with E-state index in [4.69, 9.17) is 9.98 Å². The highest BCUT2D eigenvalue weighted by molar-refractivity contribution is 6.13. The quantitative estimate of drug-likeness (QED) is 0.160. The van der Waals surface area contributed by atoms with E-state index in [2.05, 4.69) is 89.3 Å². The van der Waals surface area contributed by atoms with Crippen LogP contribution in [0.25, 0.3) is 38.9 Å². The molecule has 0 unspecified atom stereocenters. The van der Waals surface area contributed by atoms with E-state index < -0.39 is 0 Å². The maximum Gasteiger partial charge on any atom is 0.160 e. The first-order valence-electron chi connectivity index (χ1n) is 13.5. The fourth-order valence-electron chi connectivity index (χ4n) is 4.91. The van der Waals surface area contributed by atoms with Crippen molar-refractivity contribution in [3.05, 3.63) is 163 Å². The van der Waals surface area contributed by atoms with Crippen LogP contribution >= 0.6 is 0 Å². The summed E-state index contributed by atoms with van der Waals surface area (Å²) >= 11 is 0. The highest BCUT2D eigenvalue weighted by atomic mass is 14.9. The summed E-state index contributed by atoms with van der Waals surface area (Å²) in [5.41, 5.74) is 8.62. The number of nitrogens with zero attached hydrogens (tertiary/aromatic N) is 4. The zero-order valence-electron chi connectivity index (χ0n) is 22.8. The first-order chi connectivity index (χ1) is 20.2. The molecule has 0 aliphatic heterocycles. The maximum atomic E-state index is 4.98. The Hall–Kier alpha value is -5.48. The third-order valence-electron chi connectivity index (χ3n) is 7.03. The van der Waals surface area contributed by atoms with Crippen molar-refractivity contribution in [3.63, 3.8) is 0 Å². The van der Waals surface area contributed by atoms with E-state index >= 15 is 0 Å². The smallest absolute Gasteiger partial charge is 0.160 e. The monoisotopic (exact) mass is 528 g/mol. The lowest BCUT2D eigenvalue weighted by atomic mass is 9.91. The molecule has 0 aliphatic carbocycles. The molecule has 0 saturated heterocycles. The minimum Gasteiger partial charge on any atom is -0.245 e. The van der Waals surface area contributed by atoms with Crippen LogP contribution in [0.3, 0.4) is 0 Å². The number of amidine groups is 1. The third-order valence-corrected chi connectivity index (χ3v) is 7.03. The summed E-state index contributed by atoms with van der Waals surface area (Å²) in [7, 11) is 0. The van der Waals surface area contributed by atoms with E-state index in [0.717, 1.165) is 50.2 Å². The molecule has 0 aliphatic rings. The van der Waals surface area contributed by atoms with Gasteiger partial charge in [-0.25, -0.2) is 20.0 Å². The summed E-state index contributed by atoms with van der Waals surface area (Å²) in [6, 6.07) is 43.2. The lowest BCUT2D eigenvalue weighted by Gasteiger charge is -2.14. The van der Waals surface area contributed by atoms with Crippen LogP contribution in [0.2, 0.25) is 0 Å². The Balaban J connectivity index is 1.44. The van der Waals surface area contributed by atoms with Crippen molar-refractivity contribution >= 4 is 28.0 Å². The van der Waals surface area contributed by atoms with Gasteiger partial charge in [-0.05, 0) is 46.0 Å². The number of fused-ring (bicyclic) bond motifs is 1. The Kier molecular flexibility index (Phi) is 7.37. The zero-order valence-corrected chi connectivity index (χ0v) is 22.8. The van der Waals surface area contributed by atoms with Gasteiger partial charge in [-0.2, -0.15) is 0 Å². The first-order valence-corrected chi connectivity index (χ1v) is 13.5. The predicted octanol–water partition coefficient (Wildman–Crippen LogP) is 8.89. The molecule has 4 heteroatoms. The fraction of sp³-hybridized carbons (Fsp3) is 0.0270. The van der Waals surface area contributed by atoms with Crippen LogP contribution in [0.5, 0.6) is 0 Å². The summed E-state index contributed by atoms with van der Waals surface area (Å²) in [5.74, 6) is 0.612. The number of benzene rings is 5. The van der Waals surface area contributed by atoms with Crippen molar-refractivity contribution < 1.29 is 0 Å². The molecular weight excluding hydrogens is 500 g/mol. The topological polar surface area (TPSA) is 50.5 Å². The molecule has 5 aromatic carbocycles. The molecule has 0 amide bonds. The number of rotatable bonds is 6. The van der Waals surface area contributed by atoms with Gasteiger partial charge in [0.1, 0.15) is 6.33 Å². The summed E-state index contributed by atoms with van der Waals surface area (Å²) in [6.07, 6.45) is 3.38. The molecule has 4 nitrogen and oxygen atoms in total. The van der Waals surface area contributed by atoms with Gasteiger partial charge < -0.3 is 0 Å². The van der Waals surface area contributed by atoms with Crippen molar-refractivity contribution in [2.45, 2.75) is 6.92 Å². The average Bonchev–Trinajstić information content (AvgIpc) is 3.05. The van der Waals surface area contributed by atoms with Crippen molar-refractivity contribution in [1.29, 1.82) is 0 Å². The summed E-state index contributed by atoms with van der Waals surface area (Å²) < 4.78 is 0. The van der Waals surface area contributed by atoms with Gasteiger partial charge in [0.15, 0.2) is 5.84 Å². The molecule has 6 aromatic rings. The van der Waals surface area contributed by atoms with E-state index in [9.17, 15) is 0 Å². The molecule has 6 rings (SSSR count). The van der Waals surface area contributed by atoms with Gasteiger partial charge in [0.05, 0.1) is 11.4 Å². The van der Waals surface area contributed by atoms with Gasteiger partial charge in [0.25, 0.3) is 0 Å². The normalized spacial score (nSPS) is 11.9. The van der Waals surface area contributed by atoms with Crippen LogP contribution in [0.1, 0.15) is 23.6 Å². The Morgan fingerprint density at radius 3 is 2.02 bits per heavy atom. The van der Waals surface area contributed by atoms with Crippen molar-refractivity contribution in [2.24, 2.45) is 9.98 Å². The highest BCUT2D eigenvalue weighted by Gasteiger charge is 2.14. The van der Waals surface area contributed by atoms with Crippen LogP contribution in [0.4, 0.5) is 0 Å². The predicted molar refractivity (Wildman–Crippen MR) is 171 cm³/mol.